The first-order valence-electron chi connectivity index (χ1n) is 14.4. The number of non-ortho nitro benzene ring substituents is 1. The molecule has 240 valence electrons. The standard InChI is InChI=1S/C31H37BrN5O7P/c1-19-31(2,3)22-17-29(25(18-26(22)35(19)4)33-30(38)20-7-10-27(42-5)28(15-20)43-6)45(41,36-11-13-44-14-12-36)34-24-9-8-21(37(39)40)16-23(24)32/h7-10,15-19H,11-14H2,1-6H3,(H,33,38)(H,34,41)/t19-,45-/m1/s1. The van der Waals surface area contributed by atoms with Gasteiger partial charge >= 0.3 is 0 Å². The van der Waals surface area contributed by atoms with E-state index in [1.807, 2.05) is 23.9 Å². The smallest absolute Gasteiger partial charge is 0.270 e. The number of halogens is 1. The molecular weight excluding hydrogens is 665 g/mol. The molecule has 0 unspecified atom stereocenters. The lowest BCUT2D eigenvalue weighted by Crippen LogP contribution is -2.40. The number of anilines is 3. The molecule has 5 rings (SSSR count). The molecular formula is C31H37BrN5O7P. The summed E-state index contributed by atoms with van der Waals surface area (Å²) >= 11 is 3.43. The maximum absolute atomic E-state index is 15.6. The molecule has 0 spiro atoms. The van der Waals surface area contributed by atoms with Crippen molar-refractivity contribution >= 4 is 57.3 Å². The maximum Gasteiger partial charge on any atom is 0.270 e. The molecule has 12 nitrogen and oxygen atoms in total. The second-order valence-electron chi connectivity index (χ2n) is 11.6. The zero-order chi connectivity index (χ0) is 32.7. The number of likely N-dealkylation sites (N-methyl/N-ethyl adjacent to an activating group) is 1. The number of nitrogens with one attached hydrogen (secondary N) is 2. The van der Waals surface area contributed by atoms with Gasteiger partial charge in [0.1, 0.15) is 0 Å². The minimum absolute atomic E-state index is 0.104. The first-order valence-corrected chi connectivity index (χ1v) is 16.9. The summed E-state index contributed by atoms with van der Waals surface area (Å²) < 4.78 is 34.2. The minimum Gasteiger partial charge on any atom is -0.493 e. The topological polar surface area (TPSA) is 136 Å². The van der Waals surface area contributed by atoms with Crippen LogP contribution in [0.2, 0.25) is 0 Å². The van der Waals surface area contributed by atoms with Gasteiger partial charge in [-0.3, -0.25) is 19.5 Å². The van der Waals surface area contributed by atoms with Crippen molar-refractivity contribution in [2.24, 2.45) is 0 Å². The quantitative estimate of drug-likeness (QED) is 0.155. The number of nitro groups is 1. The Balaban J connectivity index is 1.68. The van der Waals surface area contributed by atoms with Crippen LogP contribution in [0.3, 0.4) is 0 Å². The van der Waals surface area contributed by atoms with E-state index < -0.39 is 18.3 Å². The molecule has 1 amide bonds. The summed E-state index contributed by atoms with van der Waals surface area (Å²) in [6, 6.07) is 13.1. The van der Waals surface area contributed by atoms with Crippen LogP contribution in [0.4, 0.5) is 22.7 Å². The van der Waals surface area contributed by atoms with Gasteiger partial charge < -0.3 is 29.5 Å². The van der Waals surface area contributed by atoms with Crippen LogP contribution in [0, 0.1) is 10.1 Å². The summed E-state index contributed by atoms with van der Waals surface area (Å²) in [5.41, 5.74) is 2.64. The van der Waals surface area contributed by atoms with Crippen molar-refractivity contribution in [3.05, 3.63) is 74.2 Å². The van der Waals surface area contributed by atoms with Crippen LogP contribution in [0.15, 0.2) is 53.0 Å². The molecule has 1 saturated heterocycles. The molecule has 0 aromatic heterocycles. The van der Waals surface area contributed by atoms with Crippen LogP contribution in [0.1, 0.15) is 36.7 Å². The van der Waals surface area contributed by atoms with Crippen molar-refractivity contribution in [1.29, 1.82) is 0 Å². The summed E-state index contributed by atoms with van der Waals surface area (Å²) in [5.74, 6) is 0.466. The van der Waals surface area contributed by atoms with E-state index in [2.05, 4.69) is 52.0 Å². The van der Waals surface area contributed by atoms with E-state index in [1.165, 1.54) is 32.4 Å². The largest absolute Gasteiger partial charge is 0.493 e. The van der Waals surface area contributed by atoms with Crippen LogP contribution in [-0.2, 0) is 14.7 Å². The van der Waals surface area contributed by atoms with Crippen molar-refractivity contribution in [2.45, 2.75) is 32.2 Å². The molecule has 2 atom stereocenters. The Morgan fingerprint density at radius 3 is 2.38 bits per heavy atom. The predicted molar refractivity (Wildman–Crippen MR) is 179 cm³/mol. The average Bonchev–Trinajstić information content (AvgIpc) is 3.20. The lowest BCUT2D eigenvalue weighted by molar-refractivity contribution is -0.384. The number of methoxy groups -OCH3 is 2. The van der Waals surface area contributed by atoms with Crippen LogP contribution >= 0.6 is 23.4 Å². The normalized spacial score (nSPS) is 18.9. The SMILES string of the molecule is COc1ccc(C(=O)Nc2cc3c(cc2[P@@](=O)(Nc2ccc([N+](=O)[O-])cc2Br)N2CCOCC2)C(C)(C)[C@@H](C)N3C)cc1OC. The number of hydrogen-bond acceptors (Lipinski definition) is 8. The van der Waals surface area contributed by atoms with Gasteiger partial charge in [0.05, 0.1) is 49.0 Å². The summed E-state index contributed by atoms with van der Waals surface area (Å²) in [5, 5.41) is 18.1. The lowest BCUT2D eigenvalue weighted by atomic mass is 9.81. The predicted octanol–water partition coefficient (Wildman–Crippen LogP) is 6.01. The number of hydrogen-bond donors (Lipinski definition) is 2. The number of carbonyl (C=O) groups excluding carboxylic acids is 1. The number of nitro benzene ring substituents is 1. The first-order chi connectivity index (χ1) is 21.3. The van der Waals surface area contributed by atoms with Crippen molar-refractivity contribution in [1.82, 2.24) is 4.67 Å². The lowest BCUT2D eigenvalue weighted by Gasteiger charge is -2.37. The molecule has 0 aliphatic carbocycles. The summed E-state index contributed by atoms with van der Waals surface area (Å²) in [7, 11) is 1.27. The summed E-state index contributed by atoms with van der Waals surface area (Å²) in [6.45, 7) is 7.91. The Hall–Kier alpha value is -3.64. The monoisotopic (exact) mass is 701 g/mol. The molecule has 14 heteroatoms. The Morgan fingerprint density at radius 1 is 1.07 bits per heavy atom. The van der Waals surface area contributed by atoms with E-state index in [9.17, 15) is 14.9 Å². The Bertz CT molecular complexity index is 1690. The highest BCUT2D eigenvalue weighted by molar-refractivity contribution is 9.10. The van der Waals surface area contributed by atoms with Gasteiger partial charge in [-0.15, -0.1) is 0 Å². The number of fused-ring (bicyclic) bond motifs is 1. The molecule has 1 fully saturated rings. The number of morpholine rings is 1. The number of rotatable bonds is 9. The average molecular weight is 703 g/mol. The van der Waals surface area contributed by atoms with Crippen LogP contribution in [0.25, 0.3) is 0 Å². The number of amides is 1. The molecule has 0 bridgehead atoms. The van der Waals surface area contributed by atoms with Gasteiger partial charge in [-0.1, -0.05) is 13.8 Å². The third-order valence-corrected chi connectivity index (χ3v) is 12.3. The molecule has 2 N–H and O–H groups in total. The third-order valence-electron chi connectivity index (χ3n) is 8.86. The molecule has 2 aliphatic heterocycles. The number of nitrogens with zero attached hydrogens (tertiary/aromatic N) is 3. The van der Waals surface area contributed by atoms with Gasteiger partial charge in [-0.2, -0.15) is 0 Å². The summed E-state index contributed by atoms with van der Waals surface area (Å²) in [6.07, 6.45) is 0. The fourth-order valence-electron chi connectivity index (χ4n) is 5.82. The second kappa shape index (κ2) is 12.6. The van der Waals surface area contributed by atoms with E-state index in [0.717, 1.165) is 11.3 Å². The fourth-order valence-corrected chi connectivity index (χ4v) is 9.00. The molecule has 45 heavy (non-hydrogen) atoms. The number of carbonyl (C=O) groups is 1. The van der Waals surface area contributed by atoms with E-state index >= 15 is 4.57 Å². The third kappa shape index (κ3) is 6.02. The highest BCUT2D eigenvalue weighted by atomic mass is 79.9. The Labute approximate surface area is 270 Å². The molecule has 0 radical (unpaired) electrons. The Kier molecular flexibility index (Phi) is 9.19. The first kappa shape index (κ1) is 32.7. The zero-order valence-electron chi connectivity index (χ0n) is 26.0. The highest BCUT2D eigenvalue weighted by Gasteiger charge is 2.44. The van der Waals surface area contributed by atoms with Gasteiger partial charge in [0, 0.05) is 59.5 Å². The van der Waals surface area contributed by atoms with Crippen molar-refractivity contribution < 1.29 is 28.5 Å². The maximum atomic E-state index is 15.6. The molecule has 3 aromatic rings. The van der Waals surface area contributed by atoms with Gasteiger partial charge in [0.25, 0.3) is 19.0 Å². The minimum atomic E-state index is -3.75. The van der Waals surface area contributed by atoms with Crippen LogP contribution < -0.4 is 30.1 Å². The molecule has 2 aliphatic rings. The van der Waals surface area contributed by atoms with E-state index in [-0.39, 0.29) is 17.1 Å². The Morgan fingerprint density at radius 2 is 1.76 bits per heavy atom. The van der Waals surface area contributed by atoms with E-state index in [0.29, 0.717) is 64.5 Å². The highest BCUT2D eigenvalue weighted by Crippen LogP contribution is 2.54. The fraction of sp³-hybridized carbons (Fsp3) is 0.387. The molecule has 3 aromatic carbocycles. The number of ether oxygens (including phenoxy) is 3. The second-order valence-corrected chi connectivity index (χ2v) is 14.9. The molecule has 0 saturated carbocycles. The van der Waals surface area contributed by atoms with Gasteiger partial charge in [-0.05, 0) is 64.8 Å². The van der Waals surface area contributed by atoms with Crippen LogP contribution in [0.5, 0.6) is 11.5 Å². The van der Waals surface area contributed by atoms with E-state index in [4.69, 9.17) is 14.2 Å². The van der Waals surface area contributed by atoms with Gasteiger partial charge in [0.2, 0.25) is 0 Å². The zero-order valence-corrected chi connectivity index (χ0v) is 28.5. The van der Waals surface area contributed by atoms with Gasteiger partial charge in [0.15, 0.2) is 11.5 Å². The van der Waals surface area contributed by atoms with Crippen molar-refractivity contribution in [3.63, 3.8) is 0 Å². The van der Waals surface area contributed by atoms with E-state index in [1.54, 1.807) is 18.2 Å². The van der Waals surface area contributed by atoms with Gasteiger partial charge in [-0.25, -0.2) is 4.67 Å². The molecule has 2 heterocycles. The number of benzene rings is 3. The summed E-state index contributed by atoms with van der Waals surface area (Å²) in [4.78, 5) is 26.9. The van der Waals surface area contributed by atoms with Crippen LogP contribution in [-0.4, -0.2) is 69.1 Å². The van der Waals surface area contributed by atoms with Crippen molar-refractivity contribution in [3.8, 4) is 11.5 Å². The van der Waals surface area contributed by atoms with Crippen molar-refractivity contribution in [2.75, 3.05) is 62.9 Å².